The van der Waals surface area contributed by atoms with Gasteiger partial charge in [0.1, 0.15) is 11.4 Å². The van der Waals surface area contributed by atoms with Gasteiger partial charge in [0, 0.05) is 26.1 Å². The highest BCUT2D eigenvalue weighted by Crippen LogP contribution is 2.34. The average molecular weight is 504 g/mol. The number of carbonyl (C=O) groups excluding carboxylic acids is 1. The van der Waals surface area contributed by atoms with Gasteiger partial charge in [0.2, 0.25) is 0 Å². The van der Waals surface area contributed by atoms with Gasteiger partial charge in [-0.05, 0) is 81.9 Å². The molecule has 0 atom stereocenters. The minimum Gasteiger partial charge on any atom is -0.444 e. The predicted octanol–water partition coefficient (Wildman–Crippen LogP) is 5.46. The Morgan fingerprint density at radius 2 is 1.69 bits per heavy atom. The molecule has 2 fully saturated rings. The predicted molar refractivity (Wildman–Crippen MR) is 138 cm³/mol. The van der Waals surface area contributed by atoms with E-state index < -0.39 is 15.4 Å². The zero-order chi connectivity index (χ0) is 25.6. The largest absolute Gasteiger partial charge is 0.444 e. The Hall–Kier alpha value is -2.09. The van der Waals surface area contributed by atoms with E-state index in [0.717, 1.165) is 29.8 Å². The molecule has 0 bridgehead atoms. The molecule has 0 N–H and O–H groups in total. The van der Waals surface area contributed by atoms with E-state index >= 15 is 0 Å². The number of fused-ring (bicyclic) bond motifs is 1. The Morgan fingerprint density at radius 3 is 2.26 bits per heavy atom. The molecular formula is C27H41N3O4S. The topological polar surface area (TPSA) is 81.5 Å². The first kappa shape index (κ1) is 26.0. The quantitative estimate of drug-likeness (QED) is 0.523. The number of ether oxygens (including phenoxy) is 1. The van der Waals surface area contributed by atoms with Gasteiger partial charge >= 0.3 is 6.09 Å². The fourth-order valence-corrected chi connectivity index (χ4v) is 6.45. The first-order valence-corrected chi connectivity index (χ1v) is 14.6. The van der Waals surface area contributed by atoms with Crippen LogP contribution in [0.5, 0.6) is 0 Å². The van der Waals surface area contributed by atoms with Gasteiger partial charge in [0.15, 0.2) is 9.84 Å². The van der Waals surface area contributed by atoms with E-state index in [-0.39, 0.29) is 23.2 Å². The first-order valence-electron chi connectivity index (χ1n) is 12.9. The maximum atomic E-state index is 13.3. The smallest absolute Gasteiger partial charge is 0.410 e. The second-order valence-electron chi connectivity index (χ2n) is 12.7. The number of likely N-dealkylation sites (tertiary alicyclic amines) is 1. The average Bonchev–Trinajstić information content (AvgIpc) is 3.48. The summed E-state index contributed by atoms with van der Waals surface area (Å²) in [5.41, 5.74) is 1.37. The van der Waals surface area contributed by atoms with Crippen molar-refractivity contribution in [3.63, 3.8) is 0 Å². The standard InChI is InChI=1S/C27H41N3O4S/c1-26(2,3)16-24-28-22-15-21(9-10-23(22)30(24)17-19-7-8-19)35(32,33)18-20-11-13-29(14-12-20)25(31)34-27(4,5)6/h9-10,15,19-20H,7-8,11-14,16-18H2,1-6H3. The Balaban J connectivity index is 1.47. The summed E-state index contributed by atoms with van der Waals surface area (Å²) in [6.45, 7) is 14.2. The number of carbonyl (C=O) groups is 1. The zero-order valence-electron chi connectivity index (χ0n) is 22.1. The second kappa shape index (κ2) is 9.41. The molecule has 1 aliphatic heterocycles. The van der Waals surface area contributed by atoms with Crippen molar-refractivity contribution in [1.82, 2.24) is 14.5 Å². The number of rotatable bonds is 6. The molecule has 1 aromatic heterocycles. The Bertz CT molecular complexity index is 1180. The molecule has 0 spiro atoms. The minimum atomic E-state index is -3.45. The van der Waals surface area contributed by atoms with Crippen LogP contribution in [0.1, 0.15) is 73.1 Å². The van der Waals surface area contributed by atoms with Crippen molar-refractivity contribution in [2.45, 2.75) is 90.7 Å². The van der Waals surface area contributed by atoms with E-state index in [4.69, 9.17) is 9.72 Å². The zero-order valence-corrected chi connectivity index (χ0v) is 23.0. The van der Waals surface area contributed by atoms with Gasteiger partial charge in [-0.15, -0.1) is 0 Å². The van der Waals surface area contributed by atoms with Crippen molar-refractivity contribution >= 4 is 27.0 Å². The number of imidazole rings is 1. The van der Waals surface area contributed by atoms with Gasteiger partial charge in [-0.1, -0.05) is 20.8 Å². The molecule has 194 valence electrons. The van der Waals surface area contributed by atoms with Crippen molar-refractivity contribution in [2.24, 2.45) is 17.3 Å². The molecule has 1 aliphatic carbocycles. The van der Waals surface area contributed by atoms with E-state index in [1.54, 1.807) is 17.0 Å². The van der Waals surface area contributed by atoms with Crippen LogP contribution in [-0.2, 0) is 27.5 Å². The molecule has 1 amide bonds. The van der Waals surface area contributed by atoms with Gasteiger partial charge in [-0.25, -0.2) is 18.2 Å². The van der Waals surface area contributed by atoms with Crippen LogP contribution < -0.4 is 0 Å². The van der Waals surface area contributed by atoms with E-state index in [1.165, 1.54) is 12.8 Å². The van der Waals surface area contributed by atoms with Crippen molar-refractivity contribution in [2.75, 3.05) is 18.8 Å². The summed E-state index contributed by atoms with van der Waals surface area (Å²) in [6.07, 6.45) is 4.37. The SMILES string of the molecule is CC(C)(C)Cc1nc2cc(S(=O)(=O)CC3CCN(C(=O)OC(C)(C)C)CC3)ccc2n1CC1CC1. The minimum absolute atomic E-state index is 0.0262. The number of hydrogen-bond acceptors (Lipinski definition) is 5. The first-order chi connectivity index (χ1) is 16.2. The molecule has 8 heteroatoms. The van der Waals surface area contributed by atoms with Crippen molar-refractivity contribution in [1.29, 1.82) is 0 Å². The van der Waals surface area contributed by atoms with Crippen LogP contribution in [0, 0.1) is 17.3 Å². The third-order valence-corrected chi connectivity index (χ3v) is 8.59. The fourth-order valence-electron chi connectivity index (χ4n) is 4.74. The Kier molecular flexibility index (Phi) is 6.99. The molecule has 2 aromatic rings. The van der Waals surface area contributed by atoms with Crippen LogP contribution in [-0.4, -0.2) is 53.4 Å². The third-order valence-electron chi connectivity index (χ3n) is 6.71. The molecule has 7 nitrogen and oxygen atoms in total. The number of hydrogen-bond donors (Lipinski definition) is 0. The van der Waals surface area contributed by atoms with Crippen molar-refractivity contribution < 1.29 is 17.9 Å². The lowest BCUT2D eigenvalue weighted by molar-refractivity contribution is 0.0191. The summed E-state index contributed by atoms with van der Waals surface area (Å²) in [7, 11) is -3.45. The summed E-state index contributed by atoms with van der Waals surface area (Å²) >= 11 is 0. The number of nitrogens with zero attached hydrogens (tertiary/aromatic N) is 3. The molecule has 1 saturated carbocycles. The molecule has 0 unspecified atom stereocenters. The molecule has 2 heterocycles. The maximum absolute atomic E-state index is 13.3. The van der Waals surface area contributed by atoms with Crippen LogP contribution in [0.15, 0.2) is 23.1 Å². The number of amides is 1. The van der Waals surface area contributed by atoms with Gasteiger partial charge in [-0.2, -0.15) is 0 Å². The lowest BCUT2D eigenvalue weighted by Gasteiger charge is -2.33. The molecule has 1 aromatic carbocycles. The van der Waals surface area contributed by atoms with Crippen LogP contribution in [0.2, 0.25) is 0 Å². The molecule has 2 aliphatic rings. The number of benzene rings is 1. The van der Waals surface area contributed by atoms with E-state index in [0.29, 0.717) is 36.7 Å². The molecule has 4 rings (SSSR count). The van der Waals surface area contributed by atoms with Gasteiger partial charge < -0.3 is 14.2 Å². The van der Waals surface area contributed by atoms with Gasteiger partial charge in [-0.3, -0.25) is 0 Å². The van der Waals surface area contributed by atoms with Crippen molar-refractivity contribution in [3.8, 4) is 0 Å². The van der Waals surface area contributed by atoms with Crippen LogP contribution in [0.3, 0.4) is 0 Å². The number of aromatic nitrogens is 2. The van der Waals surface area contributed by atoms with Gasteiger partial charge in [0.05, 0.1) is 21.7 Å². The summed E-state index contributed by atoms with van der Waals surface area (Å²) in [4.78, 5) is 19.2. The highest BCUT2D eigenvalue weighted by Gasteiger charge is 2.31. The van der Waals surface area contributed by atoms with E-state index in [1.807, 2.05) is 26.8 Å². The molecule has 0 radical (unpaired) electrons. The second-order valence-corrected chi connectivity index (χ2v) is 14.7. The highest BCUT2D eigenvalue weighted by atomic mass is 32.2. The Morgan fingerprint density at radius 1 is 1.03 bits per heavy atom. The molecular weight excluding hydrogens is 462 g/mol. The summed E-state index contributed by atoms with van der Waals surface area (Å²) < 4.78 is 34.4. The molecule has 35 heavy (non-hydrogen) atoms. The monoisotopic (exact) mass is 503 g/mol. The summed E-state index contributed by atoms with van der Waals surface area (Å²) in [6, 6.07) is 5.45. The van der Waals surface area contributed by atoms with Crippen LogP contribution in [0.4, 0.5) is 4.79 Å². The Labute approximate surface area is 210 Å². The summed E-state index contributed by atoms with van der Waals surface area (Å²) in [5, 5.41) is 0. The van der Waals surface area contributed by atoms with Crippen molar-refractivity contribution in [3.05, 3.63) is 24.0 Å². The molecule has 1 saturated heterocycles. The maximum Gasteiger partial charge on any atom is 0.410 e. The van der Waals surface area contributed by atoms with Gasteiger partial charge in [0.25, 0.3) is 0 Å². The number of sulfone groups is 1. The van der Waals surface area contributed by atoms with Crippen LogP contribution >= 0.6 is 0 Å². The lowest BCUT2D eigenvalue weighted by Crippen LogP contribution is -2.42. The van der Waals surface area contributed by atoms with Crippen LogP contribution in [0.25, 0.3) is 11.0 Å². The van der Waals surface area contributed by atoms with E-state index in [2.05, 4.69) is 25.3 Å². The third kappa shape index (κ3) is 6.78. The fraction of sp³-hybridized carbons (Fsp3) is 0.704. The lowest BCUT2D eigenvalue weighted by atomic mass is 9.92. The number of piperidine rings is 1. The normalized spacial score (nSPS) is 18.3. The van der Waals surface area contributed by atoms with E-state index in [9.17, 15) is 13.2 Å². The highest BCUT2D eigenvalue weighted by molar-refractivity contribution is 7.91. The summed E-state index contributed by atoms with van der Waals surface area (Å²) in [5.74, 6) is 1.88.